The van der Waals surface area contributed by atoms with Crippen molar-refractivity contribution >= 4 is 19.1 Å². The number of aromatic nitrogens is 1. The smallest absolute Gasteiger partial charge is 1.00 e. The number of aryl methyl sites for hydroxylation is 2. The van der Waals surface area contributed by atoms with Gasteiger partial charge < -0.3 is 29.1 Å². The van der Waals surface area contributed by atoms with Gasteiger partial charge in [0.25, 0.3) is 0 Å². The van der Waals surface area contributed by atoms with Crippen molar-refractivity contribution in [1.29, 1.82) is 0 Å². The minimum absolute atomic E-state index is 0. The molecular weight excluding hydrogens is 392 g/mol. The van der Waals surface area contributed by atoms with Crippen LogP contribution >= 0.6 is 8.35 Å². The molecule has 4 rings (SSSR count). The minimum atomic E-state index is 0. The molecule has 0 aliphatic rings. The molecule has 24 heavy (non-hydrogen) atoms. The van der Waals surface area contributed by atoms with Crippen molar-refractivity contribution in [3.8, 4) is 5.69 Å². The Morgan fingerprint density at radius 3 is 2.29 bits per heavy atom. The summed E-state index contributed by atoms with van der Waals surface area (Å²) in [6.45, 7) is 4.24. The van der Waals surface area contributed by atoms with Gasteiger partial charge in [-0.2, -0.15) is 17.2 Å². The summed E-state index contributed by atoms with van der Waals surface area (Å²) >= 11 is 0. The fraction of sp³-hybridized carbons (Fsp3) is 0.105. The Labute approximate surface area is 172 Å². The molecule has 0 unspecified atom stereocenters. The molecule has 1 nitrogen and oxygen atoms in total. The normalized spacial score (nSPS) is 9.42. The van der Waals surface area contributed by atoms with Gasteiger partial charge in [-0.05, 0) is 17.6 Å². The standard InChI is InChI=1S/C12H9NP.C7H9.2ClH.Ti/c1-2-5-11-9-12(8-10(11)4-1)13-6-3-7-14-13;1-6-4-3-5-7(6)2;;;/h1-9H;3-5H,1-2H3;2*1H;/q2*-1;;;+4/p-2. The molecule has 0 saturated carbocycles. The topological polar surface area (TPSA) is 4.93 Å². The summed E-state index contributed by atoms with van der Waals surface area (Å²) in [5.41, 5.74) is 4.05. The second-order valence-electron chi connectivity index (χ2n) is 5.18. The average Bonchev–Trinajstić information content (AvgIpc) is 3.21. The monoisotopic (exact) mass is 409 g/mol. The van der Waals surface area contributed by atoms with Crippen LogP contribution in [0.4, 0.5) is 0 Å². The Hall–Kier alpha value is -0.816. The van der Waals surface area contributed by atoms with Crippen LogP contribution in [0.3, 0.4) is 0 Å². The summed E-state index contributed by atoms with van der Waals surface area (Å²) < 4.78 is 2.22. The largest absolute Gasteiger partial charge is 4.00 e. The number of hydrogen-bond donors (Lipinski definition) is 0. The van der Waals surface area contributed by atoms with Crippen LogP contribution < -0.4 is 24.8 Å². The molecule has 4 aromatic rings. The first-order valence-electron chi connectivity index (χ1n) is 7.08. The Morgan fingerprint density at radius 2 is 1.79 bits per heavy atom. The quantitative estimate of drug-likeness (QED) is 0.307. The van der Waals surface area contributed by atoms with Gasteiger partial charge in [0.15, 0.2) is 0 Å². The molecule has 0 aliphatic heterocycles. The van der Waals surface area contributed by atoms with Crippen molar-refractivity contribution < 1.29 is 46.5 Å². The zero-order chi connectivity index (χ0) is 14.7. The van der Waals surface area contributed by atoms with Gasteiger partial charge in [0, 0.05) is 14.5 Å². The average molecular weight is 410 g/mol. The molecule has 1 aromatic heterocycles. The van der Waals surface area contributed by atoms with Crippen LogP contribution in [0, 0.1) is 13.8 Å². The van der Waals surface area contributed by atoms with Gasteiger partial charge in [0.2, 0.25) is 0 Å². The summed E-state index contributed by atoms with van der Waals surface area (Å²) in [7, 11) is 1.23. The van der Waals surface area contributed by atoms with Gasteiger partial charge in [-0.1, -0.05) is 19.9 Å². The Balaban J connectivity index is 0.000000463. The van der Waals surface area contributed by atoms with Crippen LogP contribution in [-0.4, -0.2) is 4.33 Å². The molecule has 0 fully saturated rings. The van der Waals surface area contributed by atoms with Gasteiger partial charge in [0.1, 0.15) is 0 Å². The molecule has 0 bridgehead atoms. The number of benzene rings is 1. The molecule has 0 amide bonds. The van der Waals surface area contributed by atoms with E-state index in [2.05, 4.69) is 90.8 Å². The maximum atomic E-state index is 2.23. The van der Waals surface area contributed by atoms with E-state index in [4.69, 9.17) is 0 Å². The first kappa shape index (κ1) is 23.2. The van der Waals surface area contributed by atoms with Crippen molar-refractivity contribution in [3.05, 3.63) is 83.8 Å². The summed E-state index contributed by atoms with van der Waals surface area (Å²) in [6, 6.07) is 21.3. The van der Waals surface area contributed by atoms with Crippen LogP contribution in [0.15, 0.2) is 72.7 Å². The van der Waals surface area contributed by atoms with E-state index < -0.39 is 0 Å². The summed E-state index contributed by atoms with van der Waals surface area (Å²) in [6.07, 6.45) is 2.11. The molecule has 0 radical (unpaired) electrons. The minimum Gasteiger partial charge on any atom is -1.00 e. The maximum Gasteiger partial charge on any atom is 4.00 e. The van der Waals surface area contributed by atoms with E-state index in [1.54, 1.807) is 0 Å². The van der Waals surface area contributed by atoms with Crippen LogP contribution in [0.1, 0.15) is 11.1 Å². The van der Waals surface area contributed by atoms with Crippen molar-refractivity contribution in [2.75, 3.05) is 0 Å². The molecule has 1 heterocycles. The molecule has 122 valence electrons. The molecule has 0 N–H and O–H groups in total. The van der Waals surface area contributed by atoms with Crippen molar-refractivity contribution in [3.63, 3.8) is 0 Å². The van der Waals surface area contributed by atoms with E-state index in [0.29, 0.717) is 0 Å². The SMILES string of the molecule is Cc1ccc[c-]1C.[Cl-].[Cl-].[Ti+4].c1ccc2[cH-]c(-n3cccp3)cc2c1. The predicted molar refractivity (Wildman–Crippen MR) is 92.9 cm³/mol. The first-order valence-corrected chi connectivity index (χ1v) is 8.00. The first-order chi connectivity index (χ1) is 10.2. The van der Waals surface area contributed by atoms with Crippen LogP contribution in [0.2, 0.25) is 0 Å². The van der Waals surface area contributed by atoms with Crippen LogP contribution in [-0.2, 0) is 21.7 Å². The number of nitrogens with zero attached hydrogens (tertiary/aromatic N) is 1. The van der Waals surface area contributed by atoms with Crippen LogP contribution in [0.25, 0.3) is 16.5 Å². The second kappa shape index (κ2) is 10.9. The van der Waals surface area contributed by atoms with Gasteiger partial charge in [-0.3, -0.25) is 0 Å². The molecule has 3 aromatic carbocycles. The van der Waals surface area contributed by atoms with E-state index in [1.807, 2.05) is 0 Å². The zero-order valence-electron chi connectivity index (χ0n) is 13.6. The Morgan fingerprint density at radius 1 is 1.04 bits per heavy atom. The van der Waals surface area contributed by atoms with Crippen molar-refractivity contribution in [1.82, 2.24) is 4.33 Å². The number of hydrogen-bond acceptors (Lipinski definition) is 0. The summed E-state index contributed by atoms with van der Waals surface area (Å²) in [4.78, 5) is 0. The molecular formula is C19H18Cl2NPTi. The fourth-order valence-electron chi connectivity index (χ4n) is 2.29. The third-order valence-corrected chi connectivity index (χ3v) is 4.60. The Kier molecular flexibility index (Phi) is 10.6. The molecule has 0 aliphatic carbocycles. The van der Waals surface area contributed by atoms with Gasteiger partial charge >= 0.3 is 21.7 Å². The fourth-order valence-corrected chi connectivity index (χ4v) is 2.99. The summed E-state index contributed by atoms with van der Waals surface area (Å²) in [5.74, 6) is 2.14. The molecule has 0 spiro atoms. The van der Waals surface area contributed by atoms with Gasteiger partial charge in [-0.15, -0.1) is 41.1 Å². The third-order valence-electron chi connectivity index (χ3n) is 3.69. The number of fused-ring (bicyclic) bond motifs is 1. The van der Waals surface area contributed by atoms with Crippen molar-refractivity contribution in [2.45, 2.75) is 13.8 Å². The van der Waals surface area contributed by atoms with E-state index >= 15 is 0 Å². The van der Waals surface area contributed by atoms with E-state index in [1.165, 1.54) is 35.9 Å². The second-order valence-corrected chi connectivity index (χ2v) is 6.14. The van der Waals surface area contributed by atoms with Crippen LogP contribution in [0.5, 0.6) is 0 Å². The Bertz CT molecular complexity index is 784. The molecule has 0 atom stereocenters. The number of halogens is 2. The van der Waals surface area contributed by atoms with E-state index in [0.717, 1.165) is 0 Å². The zero-order valence-corrected chi connectivity index (χ0v) is 17.5. The number of rotatable bonds is 1. The predicted octanol–water partition coefficient (Wildman–Crippen LogP) is -0.0427. The van der Waals surface area contributed by atoms with E-state index in [9.17, 15) is 0 Å². The third kappa shape index (κ3) is 5.62. The van der Waals surface area contributed by atoms with E-state index in [-0.39, 0.29) is 46.5 Å². The molecule has 5 heteroatoms. The summed E-state index contributed by atoms with van der Waals surface area (Å²) in [5, 5.41) is 2.64. The van der Waals surface area contributed by atoms with Gasteiger partial charge in [0.05, 0.1) is 0 Å². The van der Waals surface area contributed by atoms with Crippen molar-refractivity contribution in [2.24, 2.45) is 0 Å². The van der Waals surface area contributed by atoms with Gasteiger partial charge in [-0.25, -0.2) is 12.1 Å². The maximum absolute atomic E-state index is 2.23. The molecule has 0 saturated heterocycles.